The van der Waals surface area contributed by atoms with E-state index in [0.717, 1.165) is 9.78 Å². The Balaban J connectivity index is 2.12. The summed E-state index contributed by atoms with van der Waals surface area (Å²) >= 11 is 13.7. The van der Waals surface area contributed by atoms with Crippen LogP contribution in [0.4, 0.5) is 0 Å². The van der Waals surface area contributed by atoms with Gasteiger partial charge in [-0.25, -0.2) is 4.68 Å². The van der Waals surface area contributed by atoms with Gasteiger partial charge in [0.05, 0.1) is 28.4 Å². The van der Waals surface area contributed by atoms with E-state index in [1.807, 2.05) is 29.7 Å². The van der Waals surface area contributed by atoms with E-state index in [0.29, 0.717) is 21.4 Å². The van der Waals surface area contributed by atoms with Crippen LogP contribution >= 0.6 is 34.5 Å². The molecule has 134 valence electrons. The summed E-state index contributed by atoms with van der Waals surface area (Å²) in [6.07, 6.45) is 0. The minimum Gasteiger partial charge on any atom is -0.311 e. The van der Waals surface area contributed by atoms with Gasteiger partial charge in [0.1, 0.15) is 13.1 Å². The Hall–Kier alpha value is -2.84. The molecule has 0 unspecified atom stereocenters. The maximum atomic E-state index is 12.7. The number of carbonyl (C=O) groups is 1. The van der Waals surface area contributed by atoms with Crippen LogP contribution in [-0.4, -0.2) is 33.7 Å². The monoisotopic (exact) mass is 415 g/mol. The number of halogens is 2. The molecular weight excluding hydrogens is 405 g/mol. The van der Waals surface area contributed by atoms with Crippen molar-refractivity contribution in [1.29, 1.82) is 10.5 Å². The molecule has 0 spiro atoms. The van der Waals surface area contributed by atoms with Crippen molar-refractivity contribution in [2.24, 2.45) is 0 Å². The molecule has 0 aliphatic carbocycles. The Morgan fingerprint density at radius 1 is 1.15 bits per heavy atom. The first kappa shape index (κ1) is 18.9. The van der Waals surface area contributed by atoms with Crippen molar-refractivity contribution in [2.45, 2.75) is 0 Å². The second-order valence-corrected chi connectivity index (χ2v) is 7.23. The van der Waals surface area contributed by atoms with E-state index in [1.54, 1.807) is 28.9 Å². The van der Waals surface area contributed by atoms with Crippen molar-refractivity contribution in [3.05, 3.63) is 57.5 Å². The zero-order valence-corrected chi connectivity index (χ0v) is 16.1. The third kappa shape index (κ3) is 4.12. The molecule has 0 bridgehead atoms. The number of hydrogen-bond donors (Lipinski definition) is 0. The molecule has 3 aromatic rings. The predicted octanol–water partition coefficient (Wildman–Crippen LogP) is 4.40. The van der Waals surface area contributed by atoms with Gasteiger partial charge in [-0.2, -0.15) is 15.6 Å². The van der Waals surface area contributed by atoms with E-state index < -0.39 is 5.91 Å². The quantitative estimate of drug-likeness (QED) is 0.577. The molecular formula is C18H11Cl2N5OS. The van der Waals surface area contributed by atoms with E-state index in [1.165, 1.54) is 11.3 Å². The number of hydrogen-bond acceptors (Lipinski definition) is 5. The Morgan fingerprint density at radius 2 is 1.81 bits per heavy atom. The smallest absolute Gasteiger partial charge is 0.276 e. The van der Waals surface area contributed by atoms with E-state index in [-0.39, 0.29) is 18.8 Å². The Kier molecular flexibility index (Phi) is 5.78. The third-order valence-corrected chi connectivity index (χ3v) is 4.93. The van der Waals surface area contributed by atoms with Crippen LogP contribution in [0.25, 0.3) is 16.3 Å². The first-order valence-corrected chi connectivity index (χ1v) is 9.30. The first-order valence-electron chi connectivity index (χ1n) is 7.67. The van der Waals surface area contributed by atoms with E-state index in [4.69, 9.17) is 33.7 Å². The summed E-state index contributed by atoms with van der Waals surface area (Å²) in [5.74, 6) is -0.497. The van der Waals surface area contributed by atoms with Gasteiger partial charge < -0.3 is 4.90 Å². The number of benzene rings is 1. The lowest BCUT2D eigenvalue weighted by Crippen LogP contribution is -2.32. The second kappa shape index (κ2) is 8.24. The number of aromatic nitrogens is 2. The van der Waals surface area contributed by atoms with Crippen molar-refractivity contribution >= 4 is 40.4 Å². The topological polar surface area (TPSA) is 85.7 Å². The molecule has 2 heterocycles. The molecule has 0 N–H and O–H groups in total. The highest BCUT2D eigenvalue weighted by Crippen LogP contribution is 2.30. The SMILES string of the molecule is N#CCN(CC#N)C(=O)c1cc(-c2cccs2)n(-c2cc(Cl)cc(Cl)c2)n1. The molecule has 0 saturated heterocycles. The molecule has 9 heteroatoms. The fraction of sp³-hybridized carbons (Fsp3) is 0.111. The van der Waals surface area contributed by atoms with Gasteiger partial charge in [0, 0.05) is 10.0 Å². The number of rotatable bonds is 5. The van der Waals surface area contributed by atoms with E-state index in [9.17, 15) is 4.79 Å². The van der Waals surface area contributed by atoms with Crippen LogP contribution in [0, 0.1) is 22.7 Å². The highest BCUT2D eigenvalue weighted by atomic mass is 35.5. The summed E-state index contributed by atoms with van der Waals surface area (Å²) in [5.41, 5.74) is 1.41. The number of nitriles is 2. The molecule has 0 aliphatic heterocycles. The maximum Gasteiger partial charge on any atom is 0.276 e. The van der Waals surface area contributed by atoms with Crippen LogP contribution in [0.15, 0.2) is 41.8 Å². The van der Waals surface area contributed by atoms with Crippen LogP contribution < -0.4 is 0 Å². The van der Waals surface area contributed by atoms with Gasteiger partial charge in [0.2, 0.25) is 0 Å². The van der Waals surface area contributed by atoms with Gasteiger partial charge in [0.25, 0.3) is 5.91 Å². The van der Waals surface area contributed by atoms with Gasteiger partial charge in [-0.05, 0) is 35.7 Å². The summed E-state index contributed by atoms with van der Waals surface area (Å²) in [6, 6.07) is 14.2. The Labute approximate surface area is 169 Å². The van der Waals surface area contributed by atoms with Crippen LogP contribution in [0.1, 0.15) is 10.5 Å². The van der Waals surface area contributed by atoms with Crippen molar-refractivity contribution in [1.82, 2.24) is 14.7 Å². The molecule has 1 amide bonds. The van der Waals surface area contributed by atoms with Crippen LogP contribution in [0.2, 0.25) is 10.0 Å². The minimum atomic E-state index is -0.497. The largest absolute Gasteiger partial charge is 0.311 e. The molecule has 1 aromatic carbocycles. The lowest BCUT2D eigenvalue weighted by atomic mass is 10.2. The standard InChI is InChI=1S/C18H11Cl2N5OS/c19-12-8-13(20)10-14(9-12)25-16(17-2-1-7-27-17)11-15(23-25)18(26)24(5-3-21)6-4-22/h1-2,7-11H,5-6H2. The van der Waals surface area contributed by atoms with Crippen molar-refractivity contribution in [2.75, 3.05) is 13.1 Å². The lowest BCUT2D eigenvalue weighted by molar-refractivity contribution is 0.0788. The Bertz CT molecular complexity index is 1030. The van der Waals surface area contributed by atoms with Gasteiger partial charge in [0.15, 0.2) is 5.69 Å². The normalized spacial score (nSPS) is 10.2. The molecule has 6 nitrogen and oxygen atoms in total. The summed E-state index contributed by atoms with van der Waals surface area (Å²) in [7, 11) is 0. The fourth-order valence-corrected chi connectivity index (χ4v) is 3.72. The van der Waals surface area contributed by atoms with Crippen molar-refractivity contribution in [3.8, 4) is 28.4 Å². The molecule has 3 rings (SSSR count). The summed E-state index contributed by atoms with van der Waals surface area (Å²) < 4.78 is 1.58. The van der Waals surface area contributed by atoms with Crippen LogP contribution in [0.3, 0.4) is 0 Å². The second-order valence-electron chi connectivity index (χ2n) is 5.41. The number of carbonyl (C=O) groups excluding carboxylic acids is 1. The average Bonchev–Trinajstić information content (AvgIpc) is 3.29. The zero-order chi connectivity index (χ0) is 19.4. The van der Waals surface area contributed by atoms with E-state index >= 15 is 0 Å². The molecule has 27 heavy (non-hydrogen) atoms. The zero-order valence-electron chi connectivity index (χ0n) is 13.8. The maximum absolute atomic E-state index is 12.7. The molecule has 0 radical (unpaired) electrons. The molecule has 0 atom stereocenters. The molecule has 2 aromatic heterocycles. The predicted molar refractivity (Wildman–Crippen MR) is 104 cm³/mol. The van der Waals surface area contributed by atoms with Gasteiger partial charge in [-0.1, -0.05) is 29.3 Å². The van der Waals surface area contributed by atoms with Gasteiger partial charge in [-0.3, -0.25) is 4.79 Å². The minimum absolute atomic E-state index is 0.125. The number of amides is 1. The highest BCUT2D eigenvalue weighted by Gasteiger charge is 2.22. The summed E-state index contributed by atoms with van der Waals surface area (Å²) in [6.45, 7) is -0.396. The van der Waals surface area contributed by atoms with E-state index in [2.05, 4.69) is 5.10 Å². The molecule has 0 saturated carbocycles. The average molecular weight is 416 g/mol. The number of nitrogens with zero attached hydrogens (tertiary/aromatic N) is 5. The third-order valence-electron chi connectivity index (χ3n) is 3.60. The summed E-state index contributed by atoms with van der Waals surface area (Å²) in [5, 5.41) is 25.0. The van der Waals surface area contributed by atoms with Crippen LogP contribution in [-0.2, 0) is 0 Å². The Morgan fingerprint density at radius 3 is 2.37 bits per heavy atom. The van der Waals surface area contributed by atoms with Crippen LogP contribution in [0.5, 0.6) is 0 Å². The lowest BCUT2D eigenvalue weighted by Gasteiger charge is -2.13. The molecule has 0 fully saturated rings. The summed E-state index contributed by atoms with van der Waals surface area (Å²) in [4.78, 5) is 14.8. The van der Waals surface area contributed by atoms with Gasteiger partial charge >= 0.3 is 0 Å². The van der Waals surface area contributed by atoms with Crippen molar-refractivity contribution in [3.63, 3.8) is 0 Å². The van der Waals surface area contributed by atoms with Crippen molar-refractivity contribution < 1.29 is 4.79 Å². The fourth-order valence-electron chi connectivity index (χ4n) is 2.48. The number of thiophene rings is 1. The van der Waals surface area contributed by atoms with Gasteiger partial charge in [-0.15, -0.1) is 11.3 Å². The first-order chi connectivity index (χ1) is 13.0. The molecule has 0 aliphatic rings. The highest BCUT2D eigenvalue weighted by molar-refractivity contribution is 7.13.